The molecule has 1 N–H and O–H groups in total. The van der Waals surface area contributed by atoms with Gasteiger partial charge in [0.15, 0.2) is 0 Å². The largest absolute Gasteiger partial charge is 0.371 e. The number of rotatable bonds is 4. The highest BCUT2D eigenvalue weighted by atomic mass is 79.9. The van der Waals surface area contributed by atoms with E-state index in [1.54, 1.807) is 0 Å². The quantitative estimate of drug-likeness (QED) is 0.886. The monoisotopic (exact) mass is 358 g/mol. The molecule has 0 spiro atoms. The van der Waals surface area contributed by atoms with Gasteiger partial charge in [0.2, 0.25) is 5.91 Å². The van der Waals surface area contributed by atoms with Crippen LogP contribution in [0, 0.1) is 0 Å². The summed E-state index contributed by atoms with van der Waals surface area (Å²) in [6.07, 6.45) is 2.89. The van der Waals surface area contributed by atoms with Crippen LogP contribution in [0.5, 0.6) is 0 Å². The number of nitrogens with one attached hydrogen (secondary N) is 1. The smallest absolute Gasteiger partial charge is 0.228 e. The van der Waals surface area contributed by atoms with Crippen molar-refractivity contribution in [1.29, 1.82) is 0 Å². The number of carbonyl (C=O) groups excluding carboxylic acids is 1. The van der Waals surface area contributed by atoms with E-state index in [4.69, 9.17) is 0 Å². The molecule has 0 unspecified atom stereocenters. The van der Waals surface area contributed by atoms with Gasteiger partial charge < -0.3 is 10.2 Å². The summed E-state index contributed by atoms with van der Waals surface area (Å²) in [6.45, 7) is 2.21. The molecule has 114 valence electrons. The first-order valence-electron chi connectivity index (χ1n) is 7.60. The normalized spacial score (nSPS) is 14.1. The molecule has 0 bridgehead atoms. The lowest BCUT2D eigenvalue weighted by Crippen LogP contribution is -2.18. The van der Waals surface area contributed by atoms with E-state index in [-0.39, 0.29) is 5.91 Å². The molecule has 1 amide bonds. The maximum absolute atomic E-state index is 12.2. The lowest BCUT2D eigenvalue weighted by molar-refractivity contribution is -0.115. The Balaban J connectivity index is 1.63. The Kier molecular flexibility index (Phi) is 4.78. The minimum Gasteiger partial charge on any atom is -0.371 e. The van der Waals surface area contributed by atoms with Crippen molar-refractivity contribution in [2.75, 3.05) is 23.3 Å². The number of hydrogen-bond donors (Lipinski definition) is 1. The van der Waals surface area contributed by atoms with Gasteiger partial charge in [-0.05, 0) is 48.7 Å². The van der Waals surface area contributed by atoms with Gasteiger partial charge in [-0.1, -0.05) is 34.1 Å². The average Bonchev–Trinajstić information content (AvgIpc) is 3.04. The molecule has 1 saturated heterocycles. The van der Waals surface area contributed by atoms with E-state index in [9.17, 15) is 4.79 Å². The molecular formula is C18H19BrN2O. The summed E-state index contributed by atoms with van der Waals surface area (Å²) >= 11 is 3.40. The number of halogens is 1. The van der Waals surface area contributed by atoms with E-state index in [0.717, 1.165) is 28.8 Å². The van der Waals surface area contributed by atoms with Gasteiger partial charge in [-0.2, -0.15) is 0 Å². The molecule has 0 atom stereocenters. The van der Waals surface area contributed by atoms with E-state index in [1.165, 1.54) is 18.5 Å². The molecule has 1 aliphatic rings. The van der Waals surface area contributed by atoms with Crippen LogP contribution in [0.2, 0.25) is 0 Å². The van der Waals surface area contributed by atoms with Crippen molar-refractivity contribution >= 4 is 33.2 Å². The summed E-state index contributed by atoms with van der Waals surface area (Å²) < 4.78 is 1.02. The molecule has 0 radical (unpaired) electrons. The molecule has 0 aliphatic carbocycles. The summed E-state index contributed by atoms with van der Waals surface area (Å²) in [4.78, 5) is 14.5. The Morgan fingerprint density at radius 3 is 2.55 bits per heavy atom. The van der Waals surface area contributed by atoms with Gasteiger partial charge >= 0.3 is 0 Å². The molecule has 2 aromatic rings. The van der Waals surface area contributed by atoms with Crippen LogP contribution in [-0.2, 0) is 11.2 Å². The minimum atomic E-state index is 0.0147. The molecule has 0 saturated carbocycles. The summed E-state index contributed by atoms with van der Waals surface area (Å²) in [5.41, 5.74) is 3.07. The van der Waals surface area contributed by atoms with E-state index in [1.807, 2.05) is 36.4 Å². The molecule has 2 aromatic carbocycles. The number of hydrogen-bond acceptors (Lipinski definition) is 2. The van der Waals surface area contributed by atoms with Crippen molar-refractivity contribution in [3.05, 3.63) is 58.6 Å². The number of anilines is 2. The predicted octanol–water partition coefficient (Wildman–Crippen LogP) is 4.23. The van der Waals surface area contributed by atoms with Gasteiger partial charge in [-0.25, -0.2) is 0 Å². The standard InChI is InChI=1S/C18H19BrN2O/c19-15-8-6-14(7-9-15)12-18(22)20-16-4-3-5-17(13-16)21-10-1-2-11-21/h3-9,13H,1-2,10-12H2,(H,20,22). The second kappa shape index (κ2) is 6.97. The SMILES string of the molecule is O=C(Cc1ccc(Br)cc1)Nc1cccc(N2CCCC2)c1. The maximum atomic E-state index is 12.2. The molecule has 22 heavy (non-hydrogen) atoms. The number of carbonyl (C=O) groups is 1. The molecular weight excluding hydrogens is 340 g/mol. The molecule has 1 heterocycles. The van der Waals surface area contributed by atoms with E-state index in [2.05, 4.69) is 38.3 Å². The maximum Gasteiger partial charge on any atom is 0.228 e. The summed E-state index contributed by atoms with van der Waals surface area (Å²) in [6, 6.07) is 15.9. The highest BCUT2D eigenvalue weighted by molar-refractivity contribution is 9.10. The van der Waals surface area contributed by atoms with E-state index >= 15 is 0 Å². The van der Waals surface area contributed by atoms with Crippen LogP contribution in [0.25, 0.3) is 0 Å². The number of amides is 1. The van der Waals surface area contributed by atoms with Crippen LogP contribution in [0.4, 0.5) is 11.4 Å². The van der Waals surface area contributed by atoms with E-state index in [0.29, 0.717) is 6.42 Å². The highest BCUT2D eigenvalue weighted by Crippen LogP contribution is 2.23. The molecule has 3 nitrogen and oxygen atoms in total. The van der Waals surface area contributed by atoms with Crippen molar-refractivity contribution in [3.8, 4) is 0 Å². The van der Waals surface area contributed by atoms with Gasteiger partial charge in [0, 0.05) is 28.9 Å². The first-order chi connectivity index (χ1) is 10.7. The Labute approximate surface area is 139 Å². The Morgan fingerprint density at radius 2 is 1.82 bits per heavy atom. The molecule has 1 fully saturated rings. The van der Waals surface area contributed by atoms with Crippen LogP contribution >= 0.6 is 15.9 Å². The van der Waals surface area contributed by atoms with Gasteiger partial charge in [-0.3, -0.25) is 4.79 Å². The Bertz CT molecular complexity index is 648. The van der Waals surface area contributed by atoms with Crippen LogP contribution < -0.4 is 10.2 Å². The first kappa shape index (κ1) is 15.1. The highest BCUT2D eigenvalue weighted by Gasteiger charge is 2.13. The lowest BCUT2D eigenvalue weighted by Gasteiger charge is -2.18. The zero-order valence-electron chi connectivity index (χ0n) is 12.4. The fourth-order valence-corrected chi connectivity index (χ4v) is 3.01. The fraction of sp³-hybridized carbons (Fsp3) is 0.278. The van der Waals surface area contributed by atoms with Crippen molar-refractivity contribution in [3.63, 3.8) is 0 Å². The summed E-state index contributed by atoms with van der Waals surface area (Å²) in [5, 5.41) is 2.99. The van der Waals surface area contributed by atoms with Crippen molar-refractivity contribution in [2.45, 2.75) is 19.3 Å². The van der Waals surface area contributed by atoms with E-state index < -0.39 is 0 Å². The zero-order valence-corrected chi connectivity index (χ0v) is 14.0. The van der Waals surface area contributed by atoms with Crippen molar-refractivity contribution in [2.24, 2.45) is 0 Å². The molecule has 1 aliphatic heterocycles. The van der Waals surface area contributed by atoms with Gasteiger partial charge in [0.05, 0.1) is 6.42 Å². The topological polar surface area (TPSA) is 32.3 Å². The number of benzene rings is 2. The third kappa shape index (κ3) is 3.89. The third-order valence-corrected chi connectivity index (χ3v) is 4.41. The predicted molar refractivity (Wildman–Crippen MR) is 94.4 cm³/mol. The van der Waals surface area contributed by atoms with Crippen LogP contribution in [0.1, 0.15) is 18.4 Å². The average molecular weight is 359 g/mol. The second-order valence-electron chi connectivity index (χ2n) is 5.60. The van der Waals surface area contributed by atoms with Crippen molar-refractivity contribution < 1.29 is 4.79 Å². The van der Waals surface area contributed by atoms with Gasteiger partial charge in [0.25, 0.3) is 0 Å². The molecule has 3 rings (SSSR count). The first-order valence-corrected chi connectivity index (χ1v) is 8.39. The summed E-state index contributed by atoms with van der Waals surface area (Å²) in [7, 11) is 0. The van der Waals surface area contributed by atoms with Crippen LogP contribution in [-0.4, -0.2) is 19.0 Å². The third-order valence-electron chi connectivity index (χ3n) is 3.88. The van der Waals surface area contributed by atoms with Gasteiger partial charge in [-0.15, -0.1) is 0 Å². The second-order valence-corrected chi connectivity index (χ2v) is 6.51. The number of nitrogens with zero attached hydrogens (tertiary/aromatic N) is 1. The minimum absolute atomic E-state index is 0.0147. The lowest BCUT2D eigenvalue weighted by atomic mass is 10.1. The van der Waals surface area contributed by atoms with Crippen LogP contribution in [0.15, 0.2) is 53.0 Å². The zero-order chi connectivity index (χ0) is 15.4. The molecule has 4 heteroatoms. The molecule has 0 aromatic heterocycles. The Morgan fingerprint density at radius 1 is 1.09 bits per heavy atom. The van der Waals surface area contributed by atoms with Gasteiger partial charge in [0.1, 0.15) is 0 Å². The Hall–Kier alpha value is -1.81. The fourth-order valence-electron chi connectivity index (χ4n) is 2.75. The van der Waals surface area contributed by atoms with Crippen LogP contribution in [0.3, 0.4) is 0 Å². The van der Waals surface area contributed by atoms with Crippen molar-refractivity contribution in [1.82, 2.24) is 0 Å². The summed E-state index contributed by atoms with van der Waals surface area (Å²) in [5.74, 6) is 0.0147.